The number of sulfonamides is 1. The molecule has 8 heteroatoms. The third-order valence-electron chi connectivity index (χ3n) is 4.97. The second-order valence-corrected chi connectivity index (χ2v) is 8.94. The van der Waals surface area contributed by atoms with Gasteiger partial charge in [-0.15, -0.1) is 0 Å². The quantitative estimate of drug-likeness (QED) is 0.747. The van der Waals surface area contributed by atoms with Gasteiger partial charge in [-0.1, -0.05) is 12.1 Å². The number of hydrogen-bond donors (Lipinski definition) is 1. The van der Waals surface area contributed by atoms with Gasteiger partial charge in [0.15, 0.2) is 0 Å². The highest BCUT2D eigenvalue weighted by Gasteiger charge is 2.28. The van der Waals surface area contributed by atoms with Gasteiger partial charge in [0.1, 0.15) is 11.5 Å². The first-order valence-electron chi connectivity index (χ1n) is 9.46. The number of nitrogens with zero attached hydrogens (tertiary/aromatic N) is 1. The molecule has 1 aliphatic heterocycles. The molecule has 0 saturated carbocycles. The van der Waals surface area contributed by atoms with Crippen molar-refractivity contribution in [3.63, 3.8) is 0 Å². The smallest absolute Gasteiger partial charge is 0.243 e. The van der Waals surface area contributed by atoms with Crippen LogP contribution in [0.5, 0.6) is 11.5 Å². The highest BCUT2D eigenvalue weighted by atomic mass is 32.2. The number of aryl methyl sites for hydroxylation is 1. The largest absolute Gasteiger partial charge is 0.496 e. The Morgan fingerprint density at radius 3 is 2.31 bits per heavy atom. The van der Waals surface area contributed by atoms with Gasteiger partial charge >= 0.3 is 0 Å². The molecule has 156 valence electrons. The first kappa shape index (κ1) is 21.1. The fourth-order valence-electron chi connectivity index (χ4n) is 3.45. The molecule has 3 rings (SSSR count). The minimum absolute atomic E-state index is 0.149. The fraction of sp³-hybridized carbons (Fsp3) is 0.381. The van der Waals surface area contributed by atoms with Crippen LogP contribution in [0.4, 0.5) is 5.69 Å². The van der Waals surface area contributed by atoms with Crippen LogP contribution in [-0.4, -0.2) is 45.9 Å². The lowest BCUT2D eigenvalue weighted by molar-refractivity contribution is -0.115. The molecule has 1 fully saturated rings. The van der Waals surface area contributed by atoms with E-state index in [1.165, 1.54) is 23.5 Å². The van der Waals surface area contributed by atoms with E-state index in [2.05, 4.69) is 5.32 Å². The molecule has 0 unspecified atom stereocenters. The average molecular weight is 419 g/mol. The van der Waals surface area contributed by atoms with Crippen LogP contribution < -0.4 is 14.8 Å². The van der Waals surface area contributed by atoms with Crippen molar-refractivity contribution in [3.05, 3.63) is 47.5 Å². The highest BCUT2D eigenvalue weighted by molar-refractivity contribution is 7.89. The van der Waals surface area contributed by atoms with E-state index in [1.54, 1.807) is 13.2 Å². The molecular weight excluding hydrogens is 392 g/mol. The van der Waals surface area contributed by atoms with E-state index in [-0.39, 0.29) is 17.2 Å². The van der Waals surface area contributed by atoms with Crippen LogP contribution in [0.3, 0.4) is 0 Å². The van der Waals surface area contributed by atoms with E-state index in [1.807, 2.05) is 25.1 Å². The molecule has 0 aromatic heterocycles. The Kier molecular flexibility index (Phi) is 6.44. The lowest BCUT2D eigenvalue weighted by Crippen LogP contribution is -2.28. The first-order chi connectivity index (χ1) is 13.8. The van der Waals surface area contributed by atoms with Crippen LogP contribution in [-0.2, 0) is 21.2 Å². The van der Waals surface area contributed by atoms with E-state index >= 15 is 0 Å². The minimum atomic E-state index is -3.58. The molecule has 1 amide bonds. The predicted molar refractivity (Wildman–Crippen MR) is 111 cm³/mol. The summed E-state index contributed by atoms with van der Waals surface area (Å²) in [6.07, 6.45) is 1.87. The normalized spacial score (nSPS) is 14.6. The minimum Gasteiger partial charge on any atom is -0.496 e. The van der Waals surface area contributed by atoms with Crippen molar-refractivity contribution in [2.24, 2.45) is 0 Å². The number of carbonyl (C=O) groups excluding carboxylic acids is 1. The SMILES string of the molecule is COc1ccc(CC(=O)Nc2cc(S(=O)(=O)N3CCCC3)ccc2OC)cc1C. The van der Waals surface area contributed by atoms with Crippen molar-refractivity contribution >= 4 is 21.6 Å². The van der Waals surface area contributed by atoms with Gasteiger partial charge in [0.2, 0.25) is 15.9 Å². The number of nitrogens with one attached hydrogen (secondary N) is 1. The zero-order chi connectivity index (χ0) is 21.0. The van der Waals surface area contributed by atoms with Gasteiger partial charge in [-0.25, -0.2) is 8.42 Å². The molecule has 2 aromatic carbocycles. The first-order valence-corrected chi connectivity index (χ1v) is 10.9. The lowest BCUT2D eigenvalue weighted by atomic mass is 10.1. The van der Waals surface area contributed by atoms with Gasteiger partial charge in [-0.2, -0.15) is 4.31 Å². The van der Waals surface area contributed by atoms with Crippen LogP contribution in [0.2, 0.25) is 0 Å². The number of hydrogen-bond acceptors (Lipinski definition) is 5. The Balaban J connectivity index is 1.80. The van der Waals surface area contributed by atoms with Gasteiger partial charge in [0.25, 0.3) is 0 Å². The summed E-state index contributed by atoms with van der Waals surface area (Å²) in [7, 11) is -0.502. The van der Waals surface area contributed by atoms with Gasteiger partial charge in [-0.3, -0.25) is 4.79 Å². The maximum absolute atomic E-state index is 12.8. The molecule has 1 N–H and O–H groups in total. The van der Waals surface area contributed by atoms with Crippen molar-refractivity contribution in [2.45, 2.75) is 31.1 Å². The Morgan fingerprint density at radius 1 is 1.03 bits per heavy atom. The van der Waals surface area contributed by atoms with Crippen LogP contribution >= 0.6 is 0 Å². The monoisotopic (exact) mass is 418 g/mol. The fourth-order valence-corrected chi connectivity index (χ4v) is 5.00. The summed E-state index contributed by atoms with van der Waals surface area (Å²) in [5.74, 6) is 0.906. The van der Waals surface area contributed by atoms with Crippen LogP contribution in [0.1, 0.15) is 24.0 Å². The summed E-state index contributed by atoms with van der Waals surface area (Å²) >= 11 is 0. The van der Waals surface area contributed by atoms with Gasteiger partial charge < -0.3 is 14.8 Å². The maximum Gasteiger partial charge on any atom is 0.243 e. The Morgan fingerprint density at radius 2 is 1.69 bits per heavy atom. The standard InChI is InChI=1S/C21H26N2O5S/c1-15-12-16(6-8-19(15)27-2)13-21(24)22-18-14-17(7-9-20(18)28-3)29(25,26)23-10-4-5-11-23/h6-9,12,14H,4-5,10-11,13H2,1-3H3,(H,22,24). The molecule has 0 atom stereocenters. The summed E-state index contributed by atoms with van der Waals surface area (Å²) in [4.78, 5) is 12.7. The van der Waals surface area contributed by atoms with Crippen molar-refractivity contribution < 1.29 is 22.7 Å². The number of benzene rings is 2. The number of rotatable bonds is 7. The predicted octanol–water partition coefficient (Wildman–Crippen LogP) is 2.98. The molecule has 2 aromatic rings. The second-order valence-electron chi connectivity index (χ2n) is 7.00. The van der Waals surface area contributed by atoms with E-state index in [4.69, 9.17) is 9.47 Å². The lowest BCUT2D eigenvalue weighted by Gasteiger charge is -2.17. The van der Waals surface area contributed by atoms with Crippen molar-refractivity contribution in [2.75, 3.05) is 32.6 Å². The zero-order valence-corrected chi connectivity index (χ0v) is 17.7. The van der Waals surface area contributed by atoms with Gasteiger partial charge in [0.05, 0.1) is 31.2 Å². The topological polar surface area (TPSA) is 84.9 Å². The number of methoxy groups -OCH3 is 2. The molecule has 1 heterocycles. The van der Waals surface area contributed by atoms with Crippen LogP contribution in [0.25, 0.3) is 0 Å². The maximum atomic E-state index is 12.8. The van der Waals surface area contributed by atoms with Gasteiger partial charge in [0, 0.05) is 13.1 Å². The van der Waals surface area contributed by atoms with Gasteiger partial charge in [-0.05, 0) is 55.2 Å². The summed E-state index contributed by atoms with van der Waals surface area (Å²) in [6.45, 7) is 2.95. The van der Waals surface area contributed by atoms with E-state index in [0.717, 1.165) is 29.7 Å². The van der Waals surface area contributed by atoms with E-state index < -0.39 is 10.0 Å². The molecule has 0 radical (unpaired) electrons. The third kappa shape index (κ3) is 4.71. The van der Waals surface area contributed by atoms with Crippen molar-refractivity contribution in [3.8, 4) is 11.5 Å². The molecule has 29 heavy (non-hydrogen) atoms. The van der Waals surface area contributed by atoms with Crippen LogP contribution in [0.15, 0.2) is 41.3 Å². The third-order valence-corrected chi connectivity index (χ3v) is 6.87. The number of anilines is 1. The van der Waals surface area contributed by atoms with Crippen molar-refractivity contribution in [1.29, 1.82) is 0 Å². The Bertz CT molecular complexity index is 998. The number of ether oxygens (including phenoxy) is 2. The number of amides is 1. The summed E-state index contributed by atoms with van der Waals surface area (Å²) in [6, 6.07) is 10.1. The van der Waals surface area contributed by atoms with Crippen molar-refractivity contribution in [1.82, 2.24) is 4.31 Å². The molecular formula is C21H26N2O5S. The Hall–Kier alpha value is -2.58. The van der Waals surface area contributed by atoms with E-state index in [9.17, 15) is 13.2 Å². The zero-order valence-electron chi connectivity index (χ0n) is 16.9. The summed E-state index contributed by atoms with van der Waals surface area (Å²) in [5.41, 5.74) is 2.11. The molecule has 1 aliphatic rings. The molecule has 0 bridgehead atoms. The molecule has 7 nitrogen and oxygen atoms in total. The number of carbonyl (C=O) groups is 1. The highest BCUT2D eigenvalue weighted by Crippen LogP contribution is 2.30. The Labute approximate surface area is 171 Å². The van der Waals surface area contributed by atoms with E-state index in [0.29, 0.717) is 24.5 Å². The molecule has 1 saturated heterocycles. The van der Waals surface area contributed by atoms with Crippen LogP contribution in [0, 0.1) is 6.92 Å². The second kappa shape index (κ2) is 8.84. The summed E-state index contributed by atoms with van der Waals surface area (Å²) in [5, 5.41) is 2.78. The average Bonchev–Trinajstić information content (AvgIpc) is 3.23. The summed E-state index contributed by atoms with van der Waals surface area (Å²) < 4.78 is 37.7. The molecule has 0 aliphatic carbocycles. The molecule has 0 spiro atoms.